The van der Waals surface area contributed by atoms with Crippen molar-refractivity contribution in [3.05, 3.63) is 60.2 Å². The molecule has 2 heterocycles. The number of hydrogen-bond acceptors (Lipinski definition) is 2. The van der Waals surface area contributed by atoms with Crippen molar-refractivity contribution in [2.24, 2.45) is 0 Å². The second-order valence-electron chi connectivity index (χ2n) is 7.27. The highest BCUT2D eigenvalue weighted by Gasteiger charge is 2.23. The lowest BCUT2D eigenvalue weighted by atomic mass is 10.0. The predicted molar refractivity (Wildman–Crippen MR) is 109 cm³/mol. The number of phenolic OH excluding ortho intramolecular Hbond substituents is 1. The minimum absolute atomic E-state index is 0.350. The van der Waals surface area contributed by atoms with Crippen molar-refractivity contribution in [2.45, 2.75) is 19.8 Å². The first kappa shape index (κ1) is 15.3. The summed E-state index contributed by atoms with van der Waals surface area (Å²) in [7, 11) is 0. The Morgan fingerprint density at radius 2 is 1.58 bits per heavy atom. The van der Waals surface area contributed by atoms with Gasteiger partial charge in [0.25, 0.3) is 0 Å². The molecule has 1 aliphatic rings. The maximum atomic E-state index is 10.6. The molecule has 0 saturated carbocycles. The summed E-state index contributed by atoms with van der Waals surface area (Å²) in [6, 6.07) is 18.7. The molecule has 1 aromatic heterocycles. The third-order valence-electron chi connectivity index (χ3n) is 5.53. The van der Waals surface area contributed by atoms with Crippen molar-refractivity contribution in [3.63, 3.8) is 0 Å². The number of anilines is 1. The number of nitrogens with zero attached hydrogens (tertiary/aromatic N) is 1. The zero-order chi connectivity index (χ0) is 17.7. The number of rotatable bonds is 2. The Labute approximate surface area is 152 Å². The Morgan fingerprint density at radius 1 is 0.885 bits per heavy atom. The monoisotopic (exact) mass is 342 g/mol. The molecule has 130 valence electrons. The van der Waals surface area contributed by atoms with Gasteiger partial charge in [0.15, 0.2) is 0 Å². The highest BCUT2D eigenvalue weighted by atomic mass is 16.3. The van der Waals surface area contributed by atoms with Crippen LogP contribution in [0.2, 0.25) is 0 Å². The highest BCUT2D eigenvalue weighted by Crippen LogP contribution is 2.43. The Balaban J connectivity index is 1.86. The minimum Gasteiger partial charge on any atom is -0.507 e. The molecule has 0 radical (unpaired) electrons. The van der Waals surface area contributed by atoms with E-state index in [1.165, 1.54) is 29.7 Å². The number of aromatic hydroxyl groups is 1. The van der Waals surface area contributed by atoms with Crippen molar-refractivity contribution in [1.82, 2.24) is 4.98 Å². The third kappa shape index (κ3) is 2.27. The average molecular weight is 342 g/mol. The molecule has 3 heteroatoms. The van der Waals surface area contributed by atoms with Gasteiger partial charge in [0.2, 0.25) is 0 Å². The van der Waals surface area contributed by atoms with E-state index in [0.29, 0.717) is 5.75 Å². The van der Waals surface area contributed by atoms with E-state index in [2.05, 4.69) is 47.1 Å². The van der Waals surface area contributed by atoms with Crippen LogP contribution in [-0.4, -0.2) is 23.2 Å². The van der Waals surface area contributed by atoms with Gasteiger partial charge in [0.1, 0.15) is 5.75 Å². The largest absolute Gasteiger partial charge is 0.507 e. The van der Waals surface area contributed by atoms with Gasteiger partial charge >= 0.3 is 0 Å². The number of aromatic amines is 1. The predicted octanol–water partition coefficient (Wildman–Crippen LogP) is 5.60. The molecule has 3 aromatic carbocycles. The topological polar surface area (TPSA) is 39.3 Å². The zero-order valence-corrected chi connectivity index (χ0v) is 14.9. The summed E-state index contributed by atoms with van der Waals surface area (Å²) in [4.78, 5) is 6.15. The second kappa shape index (κ2) is 5.80. The van der Waals surface area contributed by atoms with Crippen LogP contribution >= 0.6 is 0 Å². The van der Waals surface area contributed by atoms with Gasteiger partial charge in [-0.2, -0.15) is 0 Å². The number of fused-ring (bicyclic) bond motifs is 3. The van der Waals surface area contributed by atoms with E-state index in [4.69, 9.17) is 0 Å². The van der Waals surface area contributed by atoms with Gasteiger partial charge in [-0.05, 0) is 25.8 Å². The van der Waals surface area contributed by atoms with Crippen molar-refractivity contribution < 1.29 is 5.11 Å². The molecule has 0 unspecified atom stereocenters. The molecule has 0 bridgehead atoms. The summed E-state index contributed by atoms with van der Waals surface area (Å²) < 4.78 is 0. The van der Waals surface area contributed by atoms with E-state index >= 15 is 0 Å². The molecule has 1 saturated heterocycles. The van der Waals surface area contributed by atoms with Crippen LogP contribution in [0.25, 0.3) is 32.9 Å². The quantitative estimate of drug-likeness (QED) is 0.497. The van der Waals surface area contributed by atoms with Crippen LogP contribution in [-0.2, 0) is 0 Å². The Morgan fingerprint density at radius 3 is 2.31 bits per heavy atom. The van der Waals surface area contributed by atoms with Crippen molar-refractivity contribution >= 4 is 27.4 Å². The van der Waals surface area contributed by atoms with Gasteiger partial charge < -0.3 is 15.0 Å². The molecule has 1 aliphatic heterocycles. The lowest BCUT2D eigenvalue weighted by molar-refractivity contribution is 0.482. The van der Waals surface area contributed by atoms with Gasteiger partial charge in [-0.25, -0.2) is 0 Å². The first-order chi connectivity index (χ1) is 12.7. The second-order valence-corrected chi connectivity index (χ2v) is 7.27. The molecular formula is C23H22N2O. The van der Waals surface area contributed by atoms with Gasteiger partial charge in [-0.3, -0.25) is 0 Å². The summed E-state index contributed by atoms with van der Waals surface area (Å²) in [5.41, 5.74) is 5.93. The van der Waals surface area contributed by atoms with Crippen molar-refractivity contribution in [3.8, 4) is 17.0 Å². The van der Waals surface area contributed by atoms with E-state index in [0.717, 1.165) is 40.5 Å². The normalized spacial score (nSPS) is 14.6. The number of aromatic nitrogens is 1. The van der Waals surface area contributed by atoms with Gasteiger partial charge in [0, 0.05) is 34.8 Å². The van der Waals surface area contributed by atoms with Gasteiger partial charge in [-0.1, -0.05) is 54.1 Å². The molecule has 2 N–H and O–H groups in total. The Hall–Kier alpha value is -2.94. The summed E-state index contributed by atoms with van der Waals surface area (Å²) in [6.07, 6.45) is 2.44. The van der Waals surface area contributed by atoms with E-state index < -0.39 is 0 Å². The number of phenols is 1. The third-order valence-corrected chi connectivity index (χ3v) is 5.53. The lowest BCUT2D eigenvalue weighted by Gasteiger charge is -2.19. The smallest absolute Gasteiger partial charge is 0.124 e. The number of nitrogens with one attached hydrogen (secondary N) is 1. The van der Waals surface area contributed by atoms with Crippen LogP contribution in [0.3, 0.4) is 0 Å². The fourth-order valence-electron chi connectivity index (χ4n) is 4.19. The number of H-pyrrole nitrogens is 1. The zero-order valence-electron chi connectivity index (χ0n) is 14.9. The first-order valence-corrected chi connectivity index (χ1v) is 9.31. The summed E-state index contributed by atoms with van der Waals surface area (Å²) in [5.74, 6) is 0.350. The average Bonchev–Trinajstić information content (AvgIpc) is 3.30. The van der Waals surface area contributed by atoms with Crippen molar-refractivity contribution in [1.29, 1.82) is 0 Å². The standard InChI is InChI=1S/C23H22N2O/c1-15-8-10-16(11-9-15)21-23(25-12-4-5-13-25)19-14-20(26)17-6-2-3-7-18(17)22(19)24-21/h2-3,6-11,14,24,26H,4-5,12-13H2,1H3. The molecule has 1 fully saturated rings. The van der Waals surface area contributed by atoms with Crippen LogP contribution in [0.15, 0.2) is 54.6 Å². The molecule has 0 aliphatic carbocycles. The fourth-order valence-corrected chi connectivity index (χ4v) is 4.19. The van der Waals surface area contributed by atoms with E-state index in [9.17, 15) is 5.11 Å². The molecule has 3 nitrogen and oxygen atoms in total. The first-order valence-electron chi connectivity index (χ1n) is 9.31. The van der Waals surface area contributed by atoms with E-state index in [1.54, 1.807) is 0 Å². The minimum atomic E-state index is 0.350. The van der Waals surface area contributed by atoms with Crippen LogP contribution in [0.1, 0.15) is 18.4 Å². The molecule has 26 heavy (non-hydrogen) atoms. The van der Waals surface area contributed by atoms with Gasteiger partial charge in [-0.15, -0.1) is 0 Å². The Bertz CT molecular complexity index is 1100. The van der Waals surface area contributed by atoms with E-state index in [-0.39, 0.29) is 0 Å². The van der Waals surface area contributed by atoms with Crippen LogP contribution in [0.5, 0.6) is 5.75 Å². The molecule has 0 amide bonds. The summed E-state index contributed by atoms with van der Waals surface area (Å²) in [5, 5.41) is 13.7. The lowest BCUT2D eigenvalue weighted by Crippen LogP contribution is -2.18. The Kier molecular flexibility index (Phi) is 3.42. The molecule has 5 rings (SSSR count). The molecular weight excluding hydrogens is 320 g/mol. The van der Waals surface area contributed by atoms with Gasteiger partial charge in [0.05, 0.1) is 16.9 Å². The molecule has 4 aromatic rings. The summed E-state index contributed by atoms with van der Waals surface area (Å²) >= 11 is 0. The van der Waals surface area contributed by atoms with Crippen LogP contribution in [0.4, 0.5) is 5.69 Å². The highest BCUT2D eigenvalue weighted by molar-refractivity contribution is 6.15. The van der Waals surface area contributed by atoms with Crippen LogP contribution < -0.4 is 4.90 Å². The van der Waals surface area contributed by atoms with Crippen molar-refractivity contribution in [2.75, 3.05) is 18.0 Å². The SMILES string of the molecule is Cc1ccc(-c2[nH]c3c(cc(O)c4ccccc43)c2N2CCCC2)cc1. The number of hydrogen-bond donors (Lipinski definition) is 2. The van der Waals surface area contributed by atoms with E-state index in [1.807, 2.05) is 24.3 Å². The van der Waals surface area contributed by atoms with Crippen LogP contribution in [0, 0.1) is 6.92 Å². The number of aryl methyl sites for hydroxylation is 1. The molecule has 0 spiro atoms. The molecule has 0 atom stereocenters. The fraction of sp³-hybridized carbons (Fsp3) is 0.217. The maximum absolute atomic E-state index is 10.6. The summed E-state index contributed by atoms with van der Waals surface area (Å²) in [6.45, 7) is 4.25. The number of benzene rings is 3. The maximum Gasteiger partial charge on any atom is 0.124 e.